The zero-order valence-electron chi connectivity index (χ0n) is 17.0. The van der Waals surface area contributed by atoms with Gasteiger partial charge in [-0.15, -0.1) is 0 Å². The second-order valence-corrected chi connectivity index (χ2v) is 7.77. The van der Waals surface area contributed by atoms with Gasteiger partial charge in [0, 0.05) is 37.1 Å². The van der Waals surface area contributed by atoms with Gasteiger partial charge in [0.1, 0.15) is 0 Å². The molecule has 0 aromatic heterocycles. The van der Waals surface area contributed by atoms with Gasteiger partial charge in [-0.1, -0.05) is 12.1 Å². The first-order valence-corrected chi connectivity index (χ1v) is 10.4. The molecule has 0 aliphatic heterocycles. The van der Waals surface area contributed by atoms with Crippen LogP contribution in [-0.2, 0) is 14.9 Å². The van der Waals surface area contributed by atoms with E-state index in [4.69, 9.17) is 10.3 Å². The number of nitrogens with two attached hydrogens (primary N) is 1. The van der Waals surface area contributed by atoms with Crippen LogP contribution in [0.1, 0.15) is 31.9 Å². The molecule has 0 fully saturated rings. The van der Waals surface area contributed by atoms with Gasteiger partial charge in [-0.3, -0.25) is 9.35 Å². The van der Waals surface area contributed by atoms with E-state index in [1.54, 1.807) is 13.0 Å². The van der Waals surface area contributed by atoms with Crippen LogP contribution in [0, 0.1) is 13.8 Å². The van der Waals surface area contributed by atoms with E-state index in [-0.39, 0.29) is 10.8 Å². The molecular formula is C20H29N3O4S. The number of benzene rings is 2. The molecule has 2 aromatic rings. The monoisotopic (exact) mass is 407 g/mol. The third-order valence-corrected chi connectivity index (χ3v) is 5.03. The highest BCUT2D eigenvalue weighted by molar-refractivity contribution is 7.85. The predicted molar refractivity (Wildman–Crippen MR) is 114 cm³/mol. The van der Waals surface area contributed by atoms with Crippen LogP contribution < -0.4 is 16.0 Å². The average molecular weight is 408 g/mol. The van der Waals surface area contributed by atoms with Gasteiger partial charge in [-0.25, -0.2) is 0 Å². The van der Waals surface area contributed by atoms with Gasteiger partial charge in [0.05, 0.1) is 4.90 Å². The lowest BCUT2D eigenvalue weighted by atomic mass is 10.1. The highest BCUT2D eigenvalue weighted by atomic mass is 32.2. The van der Waals surface area contributed by atoms with Gasteiger partial charge in [-0.2, -0.15) is 8.42 Å². The first-order valence-electron chi connectivity index (χ1n) is 8.96. The molecule has 0 unspecified atom stereocenters. The predicted octanol–water partition coefficient (Wildman–Crippen LogP) is 3.62. The maximum absolute atomic E-state index is 11.0. The molecule has 0 radical (unpaired) electrons. The van der Waals surface area contributed by atoms with Crippen molar-refractivity contribution in [3.63, 3.8) is 0 Å². The van der Waals surface area contributed by atoms with Crippen molar-refractivity contribution in [1.29, 1.82) is 0 Å². The van der Waals surface area contributed by atoms with Crippen molar-refractivity contribution in [2.75, 3.05) is 29.0 Å². The molecule has 2 aromatic carbocycles. The number of hydrogen-bond donors (Lipinski definition) is 3. The van der Waals surface area contributed by atoms with Crippen molar-refractivity contribution in [2.24, 2.45) is 0 Å². The fourth-order valence-electron chi connectivity index (χ4n) is 2.57. The molecule has 7 nitrogen and oxygen atoms in total. The number of aryl methyl sites for hydroxylation is 2. The van der Waals surface area contributed by atoms with Crippen molar-refractivity contribution >= 4 is 33.1 Å². The van der Waals surface area contributed by atoms with E-state index in [0.717, 1.165) is 24.3 Å². The van der Waals surface area contributed by atoms with E-state index in [1.807, 2.05) is 18.2 Å². The number of rotatable bonds is 5. The summed E-state index contributed by atoms with van der Waals surface area (Å²) in [5.74, 6) is -0.0330. The molecule has 0 atom stereocenters. The normalized spacial score (nSPS) is 10.6. The van der Waals surface area contributed by atoms with E-state index in [9.17, 15) is 13.2 Å². The molecule has 2 rings (SSSR count). The largest absolute Gasteiger partial charge is 0.398 e. The molecule has 0 spiro atoms. The summed E-state index contributed by atoms with van der Waals surface area (Å²) in [5.41, 5.74) is 9.86. The number of hydrogen-bond acceptors (Lipinski definition) is 5. The summed E-state index contributed by atoms with van der Waals surface area (Å²) in [7, 11) is -4.12. The van der Waals surface area contributed by atoms with E-state index in [1.165, 1.54) is 30.3 Å². The third-order valence-electron chi connectivity index (χ3n) is 4.18. The van der Waals surface area contributed by atoms with Crippen LogP contribution >= 0.6 is 0 Å². The summed E-state index contributed by atoms with van der Waals surface area (Å²) in [6.07, 6.45) is 0. The summed E-state index contributed by atoms with van der Waals surface area (Å²) < 4.78 is 29.8. The second kappa shape index (κ2) is 10.1. The van der Waals surface area contributed by atoms with E-state index >= 15 is 0 Å². The molecule has 1 amide bonds. The highest BCUT2D eigenvalue weighted by Gasteiger charge is 2.09. The molecule has 0 bridgehead atoms. The van der Waals surface area contributed by atoms with Crippen LogP contribution in [0.4, 0.5) is 17.1 Å². The topological polar surface area (TPSA) is 113 Å². The molecule has 28 heavy (non-hydrogen) atoms. The summed E-state index contributed by atoms with van der Waals surface area (Å²) in [5, 5.41) is 2.81. The summed E-state index contributed by atoms with van der Waals surface area (Å²) >= 11 is 0. The summed E-state index contributed by atoms with van der Waals surface area (Å²) in [6.45, 7) is 11.6. The van der Waals surface area contributed by atoms with Crippen molar-refractivity contribution in [3.8, 4) is 0 Å². The third kappa shape index (κ3) is 6.86. The van der Waals surface area contributed by atoms with Crippen LogP contribution in [-0.4, -0.2) is 32.0 Å². The Hall–Kier alpha value is -2.58. The molecule has 4 N–H and O–H groups in total. The SMILES string of the molecule is CCN(CC)c1cc(NC(C)=O)ccc1C.Cc1ccc(S(=O)(=O)O)cc1N. The molecule has 154 valence electrons. The maximum Gasteiger partial charge on any atom is 0.294 e. The zero-order chi connectivity index (χ0) is 21.5. The van der Waals surface area contributed by atoms with Gasteiger partial charge < -0.3 is 16.0 Å². The Morgan fingerprint density at radius 1 is 1.07 bits per heavy atom. The van der Waals surface area contributed by atoms with Crippen LogP contribution in [0.3, 0.4) is 0 Å². The lowest BCUT2D eigenvalue weighted by Gasteiger charge is -2.23. The Morgan fingerprint density at radius 2 is 1.64 bits per heavy atom. The Kier molecular flexibility index (Phi) is 8.46. The number of carbonyl (C=O) groups is 1. The zero-order valence-corrected chi connectivity index (χ0v) is 17.8. The van der Waals surface area contributed by atoms with Crippen LogP contribution in [0.2, 0.25) is 0 Å². The minimum atomic E-state index is -4.12. The average Bonchev–Trinajstić information content (AvgIpc) is 2.60. The minimum Gasteiger partial charge on any atom is -0.398 e. The first kappa shape index (κ1) is 23.5. The Bertz CT molecular complexity index is 923. The van der Waals surface area contributed by atoms with Gasteiger partial charge in [0.15, 0.2) is 0 Å². The van der Waals surface area contributed by atoms with Crippen molar-refractivity contribution in [3.05, 3.63) is 47.5 Å². The molecule has 0 aliphatic carbocycles. The van der Waals surface area contributed by atoms with Crippen LogP contribution in [0.15, 0.2) is 41.3 Å². The Labute approximate surface area is 167 Å². The smallest absolute Gasteiger partial charge is 0.294 e. The Balaban J connectivity index is 0.000000292. The number of nitrogens with one attached hydrogen (secondary N) is 1. The highest BCUT2D eigenvalue weighted by Crippen LogP contribution is 2.24. The van der Waals surface area contributed by atoms with Gasteiger partial charge in [0.2, 0.25) is 5.91 Å². The quantitative estimate of drug-likeness (QED) is 0.515. The van der Waals surface area contributed by atoms with Crippen LogP contribution in [0.5, 0.6) is 0 Å². The van der Waals surface area contributed by atoms with Crippen molar-refractivity contribution < 1.29 is 17.8 Å². The molecule has 0 aliphatic rings. The number of nitrogens with zero attached hydrogens (tertiary/aromatic N) is 1. The number of anilines is 3. The maximum atomic E-state index is 11.0. The lowest BCUT2D eigenvalue weighted by Crippen LogP contribution is -2.22. The lowest BCUT2D eigenvalue weighted by molar-refractivity contribution is -0.114. The molecule has 0 saturated carbocycles. The summed E-state index contributed by atoms with van der Waals surface area (Å²) in [4.78, 5) is 13.1. The second-order valence-electron chi connectivity index (χ2n) is 6.35. The van der Waals surface area contributed by atoms with Gasteiger partial charge in [-0.05, 0) is 63.1 Å². The summed E-state index contributed by atoms with van der Waals surface area (Å²) in [6, 6.07) is 10.1. The van der Waals surface area contributed by atoms with Gasteiger partial charge in [0.25, 0.3) is 10.1 Å². The van der Waals surface area contributed by atoms with E-state index in [2.05, 4.69) is 31.0 Å². The van der Waals surface area contributed by atoms with Crippen molar-refractivity contribution in [2.45, 2.75) is 39.5 Å². The first-order chi connectivity index (χ1) is 13.0. The molecule has 0 heterocycles. The molecular weight excluding hydrogens is 378 g/mol. The Morgan fingerprint density at radius 3 is 2.11 bits per heavy atom. The fraction of sp³-hybridized carbons (Fsp3) is 0.350. The van der Waals surface area contributed by atoms with Gasteiger partial charge >= 0.3 is 0 Å². The van der Waals surface area contributed by atoms with Crippen LogP contribution in [0.25, 0.3) is 0 Å². The van der Waals surface area contributed by atoms with E-state index in [0.29, 0.717) is 5.69 Å². The molecule has 0 saturated heterocycles. The standard InChI is InChI=1S/C13H20N2O.C7H9NO3S/c1-5-15(6-2)13-9-12(14-11(4)16)8-7-10(13)3;1-5-2-3-6(4-7(5)8)12(9,10)11/h7-9H,5-6H2,1-4H3,(H,14,16);2-4H,8H2,1H3,(H,9,10,11). The number of carbonyl (C=O) groups excluding carboxylic acids is 1. The minimum absolute atomic E-state index is 0.0330. The fourth-order valence-corrected chi connectivity index (χ4v) is 3.09. The van der Waals surface area contributed by atoms with Crippen molar-refractivity contribution in [1.82, 2.24) is 0 Å². The number of amides is 1. The van der Waals surface area contributed by atoms with E-state index < -0.39 is 10.1 Å². The number of nitrogen functional groups attached to an aromatic ring is 1. The molecule has 8 heteroatoms.